The molecule has 0 aromatic heterocycles. The molecule has 0 atom stereocenters. The third-order valence-electron chi connectivity index (χ3n) is 3.66. The summed E-state index contributed by atoms with van der Waals surface area (Å²) in [7, 11) is 0. The molecule has 0 heterocycles. The number of hydrogen-bond donors (Lipinski definition) is 1. The smallest absolute Gasteiger partial charge is 0.147 e. The number of aliphatic hydroxyl groups excluding tert-OH is 1. The lowest BCUT2D eigenvalue weighted by molar-refractivity contribution is 0.201. The van der Waals surface area contributed by atoms with Crippen molar-refractivity contribution in [2.45, 2.75) is 6.61 Å². The zero-order valence-electron chi connectivity index (χ0n) is 14.4. The number of aliphatic hydroxyl groups is 1. The second-order valence-electron chi connectivity index (χ2n) is 5.61. The molecule has 27 heavy (non-hydrogen) atoms. The number of halogens is 2. The maximum absolute atomic E-state index is 8.83. The summed E-state index contributed by atoms with van der Waals surface area (Å²) in [5.74, 6) is 2.15. The molecule has 0 saturated heterocycles. The molecule has 0 aliphatic heterocycles. The highest BCUT2D eigenvalue weighted by Crippen LogP contribution is 2.40. The van der Waals surface area contributed by atoms with Crippen molar-refractivity contribution in [1.82, 2.24) is 0 Å². The van der Waals surface area contributed by atoms with Crippen LogP contribution in [0.4, 0.5) is 0 Å². The molecule has 0 saturated carbocycles. The van der Waals surface area contributed by atoms with Gasteiger partial charge < -0.3 is 19.3 Å². The molecule has 0 radical (unpaired) electrons. The van der Waals surface area contributed by atoms with Crippen molar-refractivity contribution in [3.63, 3.8) is 0 Å². The van der Waals surface area contributed by atoms with Gasteiger partial charge in [0.25, 0.3) is 0 Å². The van der Waals surface area contributed by atoms with Gasteiger partial charge in [0.1, 0.15) is 46.3 Å². The molecule has 140 valence electrons. The van der Waals surface area contributed by atoms with Gasteiger partial charge in [-0.3, -0.25) is 0 Å². The van der Waals surface area contributed by atoms with Crippen LogP contribution in [0.2, 0.25) is 10.0 Å². The number of ether oxygens (including phenoxy) is 3. The fourth-order valence-corrected chi connectivity index (χ4v) is 2.74. The topological polar surface area (TPSA) is 47.9 Å². The summed E-state index contributed by atoms with van der Waals surface area (Å²) in [4.78, 5) is 0. The van der Waals surface area contributed by atoms with Gasteiger partial charge >= 0.3 is 0 Å². The SMILES string of the molecule is OCCOc1ccc(Oc2ccc(OCc3ccccc3)cc2)c(Cl)c1Cl. The van der Waals surface area contributed by atoms with Crippen molar-refractivity contribution in [2.24, 2.45) is 0 Å². The summed E-state index contributed by atoms with van der Waals surface area (Å²) in [5, 5.41) is 9.31. The highest BCUT2D eigenvalue weighted by Gasteiger charge is 2.13. The van der Waals surface area contributed by atoms with Crippen LogP contribution in [-0.4, -0.2) is 18.3 Å². The van der Waals surface area contributed by atoms with Crippen molar-refractivity contribution < 1.29 is 19.3 Å². The van der Waals surface area contributed by atoms with Crippen molar-refractivity contribution >= 4 is 23.2 Å². The minimum atomic E-state index is -0.106. The molecular weight excluding hydrogens is 387 g/mol. The van der Waals surface area contributed by atoms with Crippen molar-refractivity contribution in [3.05, 3.63) is 82.3 Å². The number of rotatable bonds is 8. The van der Waals surface area contributed by atoms with E-state index in [-0.39, 0.29) is 23.3 Å². The Bertz CT molecular complexity index is 867. The minimum Gasteiger partial charge on any atom is -0.490 e. The summed E-state index contributed by atoms with van der Waals surface area (Å²) in [6.07, 6.45) is 0. The fraction of sp³-hybridized carbons (Fsp3) is 0.143. The van der Waals surface area contributed by atoms with Gasteiger partial charge in [-0.2, -0.15) is 0 Å². The van der Waals surface area contributed by atoms with Crippen LogP contribution >= 0.6 is 23.2 Å². The Balaban J connectivity index is 1.63. The quantitative estimate of drug-likeness (QED) is 0.520. The first kappa shape index (κ1) is 19.4. The van der Waals surface area contributed by atoms with E-state index in [4.69, 9.17) is 42.5 Å². The molecule has 0 unspecified atom stereocenters. The molecule has 0 bridgehead atoms. The largest absolute Gasteiger partial charge is 0.490 e. The molecule has 0 spiro atoms. The third-order valence-corrected chi connectivity index (χ3v) is 4.51. The van der Waals surface area contributed by atoms with Gasteiger partial charge in [0.15, 0.2) is 0 Å². The molecule has 3 rings (SSSR count). The van der Waals surface area contributed by atoms with Crippen LogP contribution in [0.5, 0.6) is 23.0 Å². The summed E-state index contributed by atoms with van der Waals surface area (Å²) >= 11 is 12.4. The van der Waals surface area contributed by atoms with Gasteiger partial charge in [0.2, 0.25) is 0 Å². The van der Waals surface area contributed by atoms with E-state index >= 15 is 0 Å². The fourth-order valence-electron chi connectivity index (χ4n) is 2.33. The van der Waals surface area contributed by atoms with Crippen molar-refractivity contribution in [1.29, 1.82) is 0 Å². The Kier molecular flexibility index (Phi) is 6.82. The second-order valence-corrected chi connectivity index (χ2v) is 6.37. The average Bonchev–Trinajstić information content (AvgIpc) is 2.71. The Morgan fingerprint density at radius 3 is 2.04 bits per heavy atom. The molecule has 0 amide bonds. The van der Waals surface area contributed by atoms with Crippen LogP contribution in [0.1, 0.15) is 5.56 Å². The summed E-state index contributed by atoms with van der Waals surface area (Å²) in [6.45, 7) is 0.531. The number of hydrogen-bond acceptors (Lipinski definition) is 4. The molecule has 0 aliphatic carbocycles. The van der Waals surface area contributed by atoms with E-state index in [1.54, 1.807) is 24.3 Å². The predicted octanol–water partition coefficient (Wildman–Crippen LogP) is 5.74. The molecule has 3 aromatic rings. The maximum atomic E-state index is 8.83. The highest BCUT2D eigenvalue weighted by atomic mass is 35.5. The normalized spacial score (nSPS) is 10.5. The molecule has 4 nitrogen and oxygen atoms in total. The summed E-state index contributed by atoms with van der Waals surface area (Å²) < 4.78 is 16.9. The average molecular weight is 405 g/mol. The second kappa shape index (κ2) is 9.51. The van der Waals surface area contributed by atoms with E-state index < -0.39 is 0 Å². The van der Waals surface area contributed by atoms with Gasteiger partial charge in [-0.05, 0) is 42.0 Å². The van der Waals surface area contributed by atoms with E-state index in [0.717, 1.165) is 11.3 Å². The predicted molar refractivity (Wildman–Crippen MR) is 106 cm³/mol. The minimum absolute atomic E-state index is 0.106. The lowest BCUT2D eigenvalue weighted by Crippen LogP contribution is -2.02. The zero-order valence-corrected chi connectivity index (χ0v) is 15.9. The molecule has 3 aromatic carbocycles. The molecule has 0 aliphatic rings. The van der Waals surface area contributed by atoms with Crippen LogP contribution in [0, 0.1) is 0 Å². The van der Waals surface area contributed by atoms with E-state index in [2.05, 4.69) is 0 Å². The molecule has 1 N–H and O–H groups in total. The first-order chi connectivity index (χ1) is 13.2. The Morgan fingerprint density at radius 1 is 0.704 bits per heavy atom. The zero-order chi connectivity index (χ0) is 19.1. The van der Waals surface area contributed by atoms with Crippen LogP contribution < -0.4 is 14.2 Å². The van der Waals surface area contributed by atoms with E-state index in [1.165, 1.54) is 0 Å². The van der Waals surface area contributed by atoms with E-state index in [9.17, 15) is 0 Å². The molecule has 0 fully saturated rings. The summed E-state index contributed by atoms with van der Waals surface area (Å²) in [5.41, 5.74) is 1.10. The third kappa shape index (κ3) is 5.30. The lowest BCUT2D eigenvalue weighted by Gasteiger charge is -2.13. The van der Waals surface area contributed by atoms with Gasteiger partial charge in [-0.1, -0.05) is 53.5 Å². The van der Waals surface area contributed by atoms with Crippen molar-refractivity contribution in [2.75, 3.05) is 13.2 Å². The van der Waals surface area contributed by atoms with Crippen molar-refractivity contribution in [3.8, 4) is 23.0 Å². The van der Waals surface area contributed by atoms with Gasteiger partial charge in [0, 0.05) is 0 Å². The maximum Gasteiger partial charge on any atom is 0.147 e. The summed E-state index contributed by atoms with van der Waals surface area (Å²) in [6, 6.07) is 20.5. The van der Waals surface area contributed by atoms with E-state index in [1.807, 2.05) is 42.5 Å². The van der Waals surface area contributed by atoms with Gasteiger partial charge in [0.05, 0.1) is 6.61 Å². The molecule has 6 heteroatoms. The van der Waals surface area contributed by atoms with Gasteiger partial charge in [-0.15, -0.1) is 0 Å². The Morgan fingerprint density at radius 2 is 1.33 bits per heavy atom. The van der Waals surface area contributed by atoms with Crippen LogP contribution in [0.15, 0.2) is 66.7 Å². The first-order valence-corrected chi connectivity index (χ1v) is 9.09. The first-order valence-electron chi connectivity index (χ1n) is 8.33. The lowest BCUT2D eigenvalue weighted by atomic mass is 10.2. The van der Waals surface area contributed by atoms with Crippen LogP contribution in [0.25, 0.3) is 0 Å². The highest BCUT2D eigenvalue weighted by molar-refractivity contribution is 6.43. The van der Waals surface area contributed by atoms with Gasteiger partial charge in [-0.25, -0.2) is 0 Å². The Labute approximate surface area is 167 Å². The number of benzene rings is 3. The van der Waals surface area contributed by atoms with E-state index in [0.29, 0.717) is 23.9 Å². The molecular formula is C21H18Cl2O4. The monoisotopic (exact) mass is 404 g/mol. The van der Waals surface area contributed by atoms with Crippen LogP contribution in [-0.2, 0) is 6.61 Å². The van der Waals surface area contributed by atoms with Crippen LogP contribution in [0.3, 0.4) is 0 Å². The Hall–Kier alpha value is -2.40. The standard InChI is InChI=1S/C21H18Cl2O4/c22-20-18(25-13-12-24)10-11-19(21(20)23)27-17-8-6-16(7-9-17)26-14-15-4-2-1-3-5-15/h1-11,24H,12-14H2.